The van der Waals surface area contributed by atoms with E-state index in [1.807, 2.05) is 24.3 Å². The summed E-state index contributed by atoms with van der Waals surface area (Å²) >= 11 is 0. The molecule has 0 spiro atoms. The van der Waals surface area contributed by atoms with Crippen LogP contribution in [-0.2, 0) is 6.42 Å². The smallest absolute Gasteiger partial charge is 0.131 e. The molecule has 118 valence electrons. The number of fused-ring (bicyclic) bond motifs is 1. The molecule has 1 saturated carbocycles. The number of nitrogens with two attached hydrogens (primary N) is 1. The molecule has 0 atom stereocenters. The van der Waals surface area contributed by atoms with E-state index in [2.05, 4.69) is 18.8 Å². The van der Waals surface area contributed by atoms with Crippen molar-refractivity contribution in [2.24, 2.45) is 5.92 Å². The van der Waals surface area contributed by atoms with Gasteiger partial charge in [-0.3, -0.25) is 4.98 Å². The predicted molar refractivity (Wildman–Crippen MR) is 92.2 cm³/mol. The minimum absolute atomic E-state index is 0.318. The monoisotopic (exact) mass is 298 g/mol. The first-order chi connectivity index (χ1) is 10.7. The quantitative estimate of drug-likeness (QED) is 0.888. The normalized spacial score (nSPS) is 21.9. The Balaban J connectivity index is 1.85. The molecule has 22 heavy (non-hydrogen) atoms. The SMILES string of the molecule is CCc1cc(N)c2c(O[C@H]3CC[C@H](CC)CC3)cccc2n1. The summed E-state index contributed by atoms with van der Waals surface area (Å²) in [7, 11) is 0. The first-order valence-corrected chi connectivity index (χ1v) is 8.56. The molecule has 0 radical (unpaired) electrons. The topological polar surface area (TPSA) is 48.1 Å². The third-order valence-electron chi connectivity index (χ3n) is 4.91. The van der Waals surface area contributed by atoms with Gasteiger partial charge in [0.2, 0.25) is 0 Å². The molecule has 0 bridgehead atoms. The van der Waals surface area contributed by atoms with E-state index in [-0.39, 0.29) is 0 Å². The molecule has 1 fully saturated rings. The summed E-state index contributed by atoms with van der Waals surface area (Å²) in [6.45, 7) is 4.38. The van der Waals surface area contributed by atoms with Crippen molar-refractivity contribution < 1.29 is 4.74 Å². The molecule has 0 saturated heterocycles. The van der Waals surface area contributed by atoms with Crippen LogP contribution >= 0.6 is 0 Å². The minimum atomic E-state index is 0.318. The summed E-state index contributed by atoms with van der Waals surface area (Å²) in [6.07, 6.45) is 7.35. The molecule has 1 aromatic heterocycles. The minimum Gasteiger partial charge on any atom is -0.490 e. The van der Waals surface area contributed by atoms with Gasteiger partial charge in [0.15, 0.2) is 0 Å². The lowest BCUT2D eigenvalue weighted by Crippen LogP contribution is -2.24. The molecule has 1 aliphatic carbocycles. The molecule has 0 amide bonds. The Bertz CT molecular complexity index is 645. The van der Waals surface area contributed by atoms with E-state index in [0.29, 0.717) is 6.10 Å². The van der Waals surface area contributed by atoms with Crippen molar-refractivity contribution in [3.8, 4) is 5.75 Å². The lowest BCUT2D eigenvalue weighted by atomic mass is 9.86. The van der Waals surface area contributed by atoms with Gasteiger partial charge in [0.1, 0.15) is 5.75 Å². The van der Waals surface area contributed by atoms with Crippen LogP contribution in [0.4, 0.5) is 5.69 Å². The maximum absolute atomic E-state index is 6.30. The number of aryl methyl sites for hydroxylation is 1. The number of anilines is 1. The number of ether oxygens (including phenoxy) is 1. The number of rotatable bonds is 4. The molecule has 0 aliphatic heterocycles. The van der Waals surface area contributed by atoms with Crippen LogP contribution < -0.4 is 10.5 Å². The highest BCUT2D eigenvalue weighted by Gasteiger charge is 2.22. The highest BCUT2D eigenvalue weighted by Crippen LogP contribution is 2.34. The van der Waals surface area contributed by atoms with Gasteiger partial charge in [0.05, 0.1) is 17.0 Å². The van der Waals surface area contributed by atoms with Gasteiger partial charge in [-0.05, 0) is 56.2 Å². The van der Waals surface area contributed by atoms with E-state index < -0.39 is 0 Å². The number of hydrogen-bond acceptors (Lipinski definition) is 3. The molecule has 1 aliphatic rings. The van der Waals surface area contributed by atoms with E-state index >= 15 is 0 Å². The van der Waals surface area contributed by atoms with Crippen LogP contribution in [0.25, 0.3) is 10.9 Å². The Morgan fingerprint density at radius 3 is 2.64 bits per heavy atom. The molecular weight excluding hydrogens is 272 g/mol. The van der Waals surface area contributed by atoms with Gasteiger partial charge in [0, 0.05) is 11.4 Å². The second kappa shape index (κ2) is 6.55. The van der Waals surface area contributed by atoms with Crippen molar-refractivity contribution >= 4 is 16.6 Å². The zero-order chi connectivity index (χ0) is 15.5. The van der Waals surface area contributed by atoms with Crippen LogP contribution in [0.15, 0.2) is 24.3 Å². The van der Waals surface area contributed by atoms with Crippen LogP contribution in [-0.4, -0.2) is 11.1 Å². The van der Waals surface area contributed by atoms with Crippen molar-refractivity contribution in [3.63, 3.8) is 0 Å². The second-order valence-electron chi connectivity index (χ2n) is 6.38. The van der Waals surface area contributed by atoms with Gasteiger partial charge in [-0.1, -0.05) is 26.3 Å². The van der Waals surface area contributed by atoms with Crippen molar-refractivity contribution in [1.82, 2.24) is 4.98 Å². The van der Waals surface area contributed by atoms with E-state index in [9.17, 15) is 0 Å². The maximum Gasteiger partial charge on any atom is 0.131 e. The summed E-state index contributed by atoms with van der Waals surface area (Å²) in [5.41, 5.74) is 9.01. The van der Waals surface area contributed by atoms with Gasteiger partial charge in [-0.2, -0.15) is 0 Å². The van der Waals surface area contributed by atoms with Gasteiger partial charge < -0.3 is 10.5 Å². The Morgan fingerprint density at radius 2 is 1.95 bits per heavy atom. The van der Waals surface area contributed by atoms with Crippen LogP contribution in [0.2, 0.25) is 0 Å². The first kappa shape index (κ1) is 15.1. The van der Waals surface area contributed by atoms with Crippen LogP contribution in [0.3, 0.4) is 0 Å². The number of benzene rings is 1. The molecule has 1 aromatic carbocycles. The molecule has 2 N–H and O–H groups in total. The average molecular weight is 298 g/mol. The Hall–Kier alpha value is -1.77. The Morgan fingerprint density at radius 1 is 1.18 bits per heavy atom. The van der Waals surface area contributed by atoms with Crippen molar-refractivity contribution in [3.05, 3.63) is 30.0 Å². The van der Waals surface area contributed by atoms with Gasteiger partial charge in [-0.15, -0.1) is 0 Å². The molecular formula is C19H26N2O. The molecule has 3 nitrogen and oxygen atoms in total. The summed E-state index contributed by atoms with van der Waals surface area (Å²) in [5.74, 6) is 1.77. The summed E-state index contributed by atoms with van der Waals surface area (Å²) in [4.78, 5) is 4.67. The lowest BCUT2D eigenvalue weighted by molar-refractivity contribution is 0.131. The summed E-state index contributed by atoms with van der Waals surface area (Å²) < 4.78 is 6.30. The molecule has 3 rings (SSSR count). The maximum atomic E-state index is 6.30. The van der Waals surface area contributed by atoms with E-state index in [0.717, 1.165) is 53.2 Å². The van der Waals surface area contributed by atoms with Crippen LogP contribution in [0, 0.1) is 5.92 Å². The number of nitrogen functional groups attached to an aromatic ring is 1. The highest BCUT2D eigenvalue weighted by atomic mass is 16.5. The molecule has 1 heterocycles. The van der Waals surface area contributed by atoms with E-state index in [1.165, 1.54) is 19.3 Å². The second-order valence-corrected chi connectivity index (χ2v) is 6.38. The zero-order valence-corrected chi connectivity index (χ0v) is 13.6. The summed E-state index contributed by atoms with van der Waals surface area (Å²) in [5, 5.41) is 0.970. The van der Waals surface area contributed by atoms with Crippen molar-refractivity contribution in [2.75, 3.05) is 5.73 Å². The third kappa shape index (κ3) is 3.03. The largest absolute Gasteiger partial charge is 0.490 e. The Kier molecular flexibility index (Phi) is 4.51. The van der Waals surface area contributed by atoms with Crippen LogP contribution in [0.1, 0.15) is 51.6 Å². The predicted octanol–water partition coefficient (Wildman–Crippen LogP) is 4.73. The van der Waals surface area contributed by atoms with Gasteiger partial charge in [0.25, 0.3) is 0 Å². The number of hydrogen-bond donors (Lipinski definition) is 1. The van der Waals surface area contributed by atoms with Crippen LogP contribution in [0.5, 0.6) is 5.75 Å². The van der Waals surface area contributed by atoms with Gasteiger partial charge in [-0.25, -0.2) is 0 Å². The van der Waals surface area contributed by atoms with E-state index in [1.54, 1.807) is 0 Å². The fourth-order valence-corrected chi connectivity index (χ4v) is 3.46. The van der Waals surface area contributed by atoms with Crippen molar-refractivity contribution in [1.29, 1.82) is 0 Å². The molecule has 0 unspecified atom stereocenters. The molecule has 3 heteroatoms. The number of aromatic nitrogens is 1. The average Bonchev–Trinajstić information content (AvgIpc) is 2.55. The van der Waals surface area contributed by atoms with Crippen molar-refractivity contribution in [2.45, 2.75) is 58.5 Å². The third-order valence-corrected chi connectivity index (χ3v) is 4.91. The standard InChI is InChI=1S/C19H26N2O/c1-3-13-8-10-15(11-9-13)22-18-7-5-6-17-19(18)16(20)12-14(4-2)21-17/h5-7,12-13,15H,3-4,8-11H2,1-2H3,(H2,20,21)/t13-,15-. The number of nitrogens with zero attached hydrogens (tertiary/aromatic N) is 1. The van der Waals surface area contributed by atoms with E-state index in [4.69, 9.17) is 10.5 Å². The fourth-order valence-electron chi connectivity index (χ4n) is 3.46. The number of pyridine rings is 1. The lowest BCUT2D eigenvalue weighted by Gasteiger charge is -2.28. The fraction of sp³-hybridized carbons (Fsp3) is 0.526. The Labute approximate surface area is 132 Å². The summed E-state index contributed by atoms with van der Waals surface area (Å²) in [6, 6.07) is 8.04. The van der Waals surface area contributed by atoms with Gasteiger partial charge >= 0.3 is 0 Å². The zero-order valence-electron chi connectivity index (χ0n) is 13.6. The molecule has 2 aromatic rings. The highest BCUT2D eigenvalue weighted by molar-refractivity contribution is 5.95. The first-order valence-electron chi connectivity index (χ1n) is 8.56.